The highest BCUT2D eigenvalue weighted by atomic mass is 35.5. The summed E-state index contributed by atoms with van der Waals surface area (Å²) in [5.74, 6) is -12.5. The first kappa shape index (κ1) is 37.8. The van der Waals surface area contributed by atoms with Crippen LogP contribution in [0, 0.1) is 0 Å². The Bertz CT molecular complexity index is 581. The molecule has 0 atom stereocenters. The van der Waals surface area contributed by atoms with Crippen LogP contribution in [0.1, 0.15) is 0 Å². The van der Waals surface area contributed by atoms with E-state index in [4.69, 9.17) is 23.2 Å². The predicted octanol–water partition coefficient (Wildman–Crippen LogP) is 7.58. The van der Waals surface area contributed by atoms with Crippen molar-refractivity contribution in [1.29, 1.82) is 0 Å². The van der Waals surface area contributed by atoms with Gasteiger partial charge in [0.05, 0.1) is 0 Å². The number of alkyl halides is 20. The lowest BCUT2D eigenvalue weighted by molar-refractivity contribution is -0.445. The maximum Gasteiger partial charge on any atom is 0.460 e. The number of hydrogen-bond donors (Lipinski definition) is 0. The lowest BCUT2D eigenvalue weighted by Crippen LogP contribution is -2.65. The van der Waals surface area contributed by atoms with Crippen molar-refractivity contribution < 1.29 is 88.5 Å². The molecule has 0 heterocycles. The molecule has 2 nitrogen and oxygen atoms in total. The Labute approximate surface area is 187 Å². The van der Waals surface area contributed by atoms with Crippen molar-refractivity contribution in [2.24, 2.45) is 0 Å². The zero-order valence-electron chi connectivity index (χ0n) is 15.8. The summed E-state index contributed by atoms with van der Waals surface area (Å²) in [6.07, 6.45) is -32.5. The molecule has 0 radical (unpaired) electrons. The van der Waals surface area contributed by atoms with Gasteiger partial charge in [-0.05, 0) is 0 Å². The normalized spacial score (nSPS) is 14.6. The molecule has 0 aromatic carbocycles. The summed E-state index contributed by atoms with van der Waals surface area (Å²) in [5, 5.41) is 0. The minimum absolute atomic E-state index is 0.125. The molecule has 0 amide bonds. The molecule has 0 saturated carbocycles. The molecule has 0 fully saturated rings. The van der Waals surface area contributed by atoms with Crippen molar-refractivity contribution in [2.45, 2.75) is 48.3 Å². The fraction of sp³-hybridized carbons (Fsp3) is 1.00. The molecule has 210 valence electrons. The predicted molar refractivity (Wildman–Crippen MR) is 77.2 cm³/mol. The van der Waals surface area contributed by atoms with E-state index in [0.717, 1.165) is 0 Å². The second kappa shape index (κ2) is 12.0. The number of rotatable bonds is 6. The van der Waals surface area contributed by atoms with E-state index < -0.39 is 48.3 Å². The zero-order valence-corrected chi connectivity index (χ0v) is 17.3. The summed E-state index contributed by atoms with van der Waals surface area (Å²) in [7, 11) is -0.299. The van der Waals surface area contributed by atoms with Crippen molar-refractivity contribution in [3.8, 4) is 0 Å². The van der Waals surface area contributed by atoms with E-state index in [-0.39, 0.29) is 14.2 Å². The molecule has 0 bridgehead atoms. The Kier molecular flexibility index (Phi) is 13.3. The summed E-state index contributed by atoms with van der Waals surface area (Å²) >= 11 is 10.1. The van der Waals surface area contributed by atoms with E-state index in [9.17, 15) is 79.0 Å². The van der Waals surface area contributed by atoms with Crippen molar-refractivity contribution in [2.75, 3.05) is 26.0 Å². The zero-order chi connectivity index (χ0) is 28.8. The lowest BCUT2D eigenvalue weighted by atomic mass is 10.0. The average Bonchev–Trinajstić information content (AvgIpc) is 2.64. The second-order valence-electron chi connectivity index (χ2n) is 5.12. The van der Waals surface area contributed by atoms with E-state index in [2.05, 4.69) is 9.47 Å². The van der Waals surface area contributed by atoms with Crippen molar-refractivity contribution in [3.63, 3.8) is 0 Å². The fourth-order valence-corrected chi connectivity index (χ4v) is 1.12. The van der Waals surface area contributed by atoms with Crippen LogP contribution < -0.4 is 0 Å². The minimum atomic E-state index is -6.89. The first-order chi connectivity index (χ1) is 14.5. The maximum absolute atomic E-state index is 12.5. The molecule has 0 unspecified atom stereocenters. The molecule has 0 spiro atoms. The van der Waals surface area contributed by atoms with Gasteiger partial charge in [0.25, 0.3) is 0 Å². The van der Waals surface area contributed by atoms with Crippen LogP contribution in [0.2, 0.25) is 0 Å². The fourth-order valence-electron chi connectivity index (χ4n) is 1.12. The first-order valence-electron chi connectivity index (χ1n) is 7.16. The van der Waals surface area contributed by atoms with E-state index in [1.165, 1.54) is 0 Å². The summed E-state index contributed by atoms with van der Waals surface area (Å²) in [6.45, 7) is 0. The molecular formula is C12H10Cl2F18O2. The smallest absolute Gasteiger partial charge is 0.321 e. The molecule has 0 N–H and O–H groups in total. The standard InChI is InChI=1S/2C5H3F9O.C2H4Cl2/c1-15-5(13,14)3(8,9)2(6,7)4(10,11)12;1-15-5(13,14)2(6,3(7,8)9)4(10,11)12;3-1-2-4/h2*1H3;1-2H2. The molecule has 0 rings (SSSR count). The quantitative estimate of drug-likeness (QED) is 0.232. The third-order valence-corrected chi connectivity index (χ3v) is 3.45. The summed E-state index contributed by atoms with van der Waals surface area (Å²) < 4.78 is 218. The van der Waals surface area contributed by atoms with Crippen LogP contribution in [0.5, 0.6) is 0 Å². The molecule has 0 aliphatic carbocycles. The van der Waals surface area contributed by atoms with Crippen LogP contribution in [0.15, 0.2) is 0 Å². The molecule has 0 aromatic rings. The first-order valence-corrected chi connectivity index (χ1v) is 8.23. The lowest BCUT2D eigenvalue weighted by Gasteiger charge is -2.34. The highest BCUT2D eigenvalue weighted by Gasteiger charge is 2.85. The van der Waals surface area contributed by atoms with Gasteiger partial charge in [-0.2, -0.15) is 74.6 Å². The highest BCUT2D eigenvalue weighted by molar-refractivity contribution is 6.25. The van der Waals surface area contributed by atoms with Crippen LogP contribution in [0.4, 0.5) is 79.0 Å². The van der Waals surface area contributed by atoms with E-state index >= 15 is 0 Å². The summed E-state index contributed by atoms with van der Waals surface area (Å²) in [6, 6.07) is 0. The monoisotopic (exact) mass is 598 g/mol. The number of hydrogen-bond acceptors (Lipinski definition) is 2. The topological polar surface area (TPSA) is 18.5 Å². The molecule has 34 heavy (non-hydrogen) atoms. The van der Waals surface area contributed by atoms with Gasteiger partial charge in [-0.3, -0.25) is 0 Å². The van der Waals surface area contributed by atoms with Crippen molar-refractivity contribution >= 4 is 23.2 Å². The Hall–Kier alpha value is -0.760. The van der Waals surface area contributed by atoms with Crippen molar-refractivity contribution in [3.05, 3.63) is 0 Å². The van der Waals surface area contributed by atoms with Crippen LogP contribution in [0.3, 0.4) is 0 Å². The van der Waals surface area contributed by atoms with Gasteiger partial charge in [0.1, 0.15) is 0 Å². The Morgan fingerprint density at radius 3 is 0.824 bits per heavy atom. The van der Waals surface area contributed by atoms with Crippen LogP contribution in [0.25, 0.3) is 0 Å². The summed E-state index contributed by atoms with van der Waals surface area (Å²) in [4.78, 5) is 0. The second-order valence-corrected chi connectivity index (χ2v) is 5.88. The third kappa shape index (κ3) is 7.87. The van der Waals surface area contributed by atoms with Crippen molar-refractivity contribution in [1.82, 2.24) is 0 Å². The molecule has 0 aromatic heterocycles. The van der Waals surface area contributed by atoms with Gasteiger partial charge < -0.3 is 9.47 Å². The molecule has 0 saturated heterocycles. The summed E-state index contributed by atoms with van der Waals surface area (Å²) in [5.41, 5.74) is -6.73. The number of ether oxygens (including phenoxy) is 2. The SMILES string of the molecule is COC(F)(F)C(F)(C(F)(F)F)C(F)(F)F.COC(F)(F)C(F)(F)C(F)(F)C(F)(F)F.ClCCCl. The van der Waals surface area contributed by atoms with Crippen LogP contribution >= 0.6 is 23.2 Å². The average molecular weight is 599 g/mol. The van der Waals surface area contributed by atoms with Gasteiger partial charge in [-0.15, -0.1) is 23.2 Å². The van der Waals surface area contributed by atoms with E-state index in [1.54, 1.807) is 0 Å². The molecular weight excluding hydrogens is 589 g/mol. The van der Waals surface area contributed by atoms with Gasteiger partial charge in [0, 0.05) is 26.0 Å². The Balaban J connectivity index is -0.000000488. The third-order valence-electron chi connectivity index (χ3n) is 2.88. The van der Waals surface area contributed by atoms with Crippen LogP contribution in [-0.4, -0.2) is 74.2 Å². The molecule has 0 aliphatic rings. The van der Waals surface area contributed by atoms with Gasteiger partial charge in [-0.1, -0.05) is 0 Å². The largest absolute Gasteiger partial charge is 0.460 e. The maximum atomic E-state index is 12.5. The van der Waals surface area contributed by atoms with Gasteiger partial charge >= 0.3 is 48.3 Å². The Morgan fingerprint density at radius 2 is 0.706 bits per heavy atom. The minimum Gasteiger partial charge on any atom is -0.321 e. The highest BCUT2D eigenvalue weighted by Crippen LogP contribution is 2.55. The van der Waals surface area contributed by atoms with Gasteiger partial charge in [0.15, 0.2) is 0 Å². The van der Waals surface area contributed by atoms with Crippen LogP contribution in [-0.2, 0) is 9.47 Å². The van der Waals surface area contributed by atoms with E-state index in [0.29, 0.717) is 11.8 Å². The van der Waals surface area contributed by atoms with Gasteiger partial charge in [0.2, 0.25) is 0 Å². The Morgan fingerprint density at radius 1 is 0.441 bits per heavy atom. The molecule has 22 heteroatoms. The van der Waals surface area contributed by atoms with E-state index in [1.807, 2.05) is 0 Å². The number of methoxy groups -OCH3 is 2. The number of halogens is 20. The molecule has 0 aliphatic heterocycles. The van der Waals surface area contributed by atoms with Gasteiger partial charge in [-0.25, -0.2) is 4.39 Å².